The number of aromatic nitrogens is 2. The summed E-state index contributed by atoms with van der Waals surface area (Å²) in [5.41, 5.74) is 0. The third-order valence-corrected chi connectivity index (χ3v) is 3.77. The van der Waals surface area contributed by atoms with Gasteiger partial charge >= 0.3 is 0 Å². The number of nitrogens with one attached hydrogen (secondary N) is 1. The fourth-order valence-corrected chi connectivity index (χ4v) is 2.93. The molecule has 7 heteroatoms. The van der Waals surface area contributed by atoms with Gasteiger partial charge in [0.2, 0.25) is 5.88 Å². The molecule has 1 N–H and O–H groups in total. The van der Waals surface area contributed by atoms with Gasteiger partial charge in [-0.1, -0.05) is 0 Å². The lowest BCUT2D eigenvalue weighted by Gasteiger charge is -2.12. The predicted octanol–water partition coefficient (Wildman–Crippen LogP) is 0.906. The third kappa shape index (κ3) is 3.19. The Morgan fingerprint density at radius 1 is 1.50 bits per heavy atom. The van der Waals surface area contributed by atoms with Gasteiger partial charge in [-0.25, -0.2) is 13.4 Å². The maximum Gasteiger partial charge on any atom is 0.218 e. The zero-order valence-corrected chi connectivity index (χ0v) is 11.1. The van der Waals surface area contributed by atoms with E-state index in [9.17, 15) is 8.42 Å². The molecule has 1 unspecified atom stereocenters. The Hall–Kier alpha value is -1.63. The van der Waals surface area contributed by atoms with Crippen molar-refractivity contribution in [3.63, 3.8) is 0 Å². The van der Waals surface area contributed by atoms with Gasteiger partial charge in [0.05, 0.1) is 18.4 Å². The highest BCUT2D eigenvalue weighted by atomic mass is 32.2. The van der Waals surface area contributed by atoms with Gasteiger partial charge in [-0.15, -0.1) is 0 Å². The Bertz CT molecular complexity index is 569. The van der Waals surface area contributed by atoms with Gasteiger partial charge in [0.1, 0.15) is 11.6 Å². The second-order valence-corrected chi connectivity index (χ2v) is 5.91. The van der Waals surface area contributed by atoms with Crippen molar-refractivity contribution in [2.45, 2.75) is 19.9 Å². The van der Waals surface area contributed by atoms with E-state index < -0.39 is 9.84 Å². The molecule has 0 spiro atoms. The topological polar surface area (TPSA) is 81.2 Å². The van der Waals surface area contributed by atoms with Crippen LogP contribution in [0.5, 0.6) is 5.88 Å². The smallest absolute Gasteiger partial charge is 0.218 e. The number of rotatable bonds is 4. The van der Waals surface area contributed by atoms with E-state index in [1.54, 1.807) is 19.1 Å². The van der Waals surface area contributed by atoms with Crippen molar-refractivity contribution in [1.29, 1.82) is 0 Å². The molecule has 18 heavy (non-hydrogen) atoms. The fraction of sp³-hybridized carbons (Fsp3) is 0.455. The molecule has 1 aliphatic heterocycles. The maximum absolute atomic E-state index is 11.3. The summed E-state index contributed by atoms with van der Waals surface area (Å²) in [5.74, 6) is 1.68. The average Bonchev–Trinajstić information content (AvgIpc) is 2.57. The summed E-state index contributed by atoms with van der Waals surface area (Å²) >= 11 is 0. The zero-order valence-electron chi connectivity index (χ0n) is 10.3. The quantitative estimate of drug-likeness (QED) is 0.875. The number of sulfone groups is 1. The molecule has 0 radical (unpaired) electrons. The Morgan fingerprint density at radius 3 is 2.89 bits per heavy atom. The van der Waals surface area contributed by atoms with Crippen molar-refractivity contribution in [3.05, 3.63) is 23.4 Å². The largest absolute Gasteiger partial charge is 0.478 e. The lowest BCUT2D eigenvalue weighted by molar-refractivity contribution is 0.325. The van der Waals surface area contributed by atoms with Crippen molar-refractivity contribution in [2.75, 3.05) is 17.7 Å². The van der Waals surface area contributed by atoms with Gasteiger partial charge in [-0.2, -0.15) is 4.98 Å². The fourth-order valence-electron chi connectivity index (χ4n) is 1.69. The van der Waals surface area contributed by atoms with E-state index in [2.05, 4.69) is 15.3 Å². The highest BCUT2D eigenvalue weighted by Gasteiger charge is 2.21. The van der Waals surface area contributed by atoms with Gasteiger partial charge < -0.3 is 10.1 Å². The van der Waals surface area contributed by atoms with Crippen LogP contribution in [0.3, 0.4) is 0 Å². The van der Waals surface area contributed by atoms with Gasteiger partial charge in [0.25, 0.3) is 0 Å². The normalized spacial score (nSPS) is 20.9. The van der Waals surface area contributed by atoms with Crippen LogP contribution in [0.25, 0.3) is 0 Å². The highest BCUT2D eigenvalue weighted by Crippen LogP contribution is 2.17. The zero-order chi connectivity index (χ0) is 13.2. The van der Waals surface area contributed by atoms with Crippen LogP contribution in [-0.2, 0) is 9.84 Å². The monoisotopic (exact) mass is 269 g/mol. The van der Waals surface area contributed by atoms with E-state index >= 15 is 0 Å². The maximum atomic E-state index is 11.3. The standard InChI is InChI=1S/C11H15N3O3S/c1-3-17-11-6-10(12-8(2)13-11)14-9-4-5-18(15,16)7-9/h4-6,9H,3,7H2,1-2H3,(H,12,13,14). The molecule has 0 aliphatic carbocycles. The highest BCUT2D eigenvalue weighted by molar-refractivity contribution is 7.94. The number of nitrogens with zero attached hydrogens (tertiary/aromatic N) is 2. The van der Waals surface area contributed by atoms with Crippen molar-refractivity contribution >= 4 is 15.7 Å². The van der Waals surface area contributed by atoms with Crippen molar-refractivity contribution < 1.29 is 13.2 Å². The van der Waals surface area contributed by atoms with E-state index in [1.165, 1.54) is 5.41 Å². The Labute approximate surface area is 106 Å². The molecule has 0 saturated carbocycles. The molecule has 98 valence electrons. The number of hydrogen-bond acceptors (Lipinski definition) is 6. The van der Waals surface area contributed by atoms with Crippen molar-refractivity contribution in [1.82, 2.24) is 9.97 Å². The molecule has 1 atom stereocenters. The molecule has 1 aliphatic rings. The van der Waals surface area contributed by atoms with Crippen LogP contribution in [0.4, 0.5) is 5.82 Å². The lowest BCUT2D eigenvalue weighted by Crippen LogP contribution is -2.21. The van der Waals surface area contributed by atoms with E-state index in [-0.39, 0.29) is 11.8 Å². The minimum Gasteiger partial charge on any atom is -0.478 e. The molecular weight excluding hydrogens is 254 g/mol. The van der Waals surface area contributed by atoms with E-state index in [0.29, 0.717) is 24.1 Å². The van der Waals surface area contributed by atoms with Crippen LogP contribution in [-0.4, -0.2) is 36.8 Å². The molecule has 2 heterocycles. The van der Waals surface area contributed by atoms with Crippen LogP contribution in [0.1, 0.15) is 12.7 Å². The third-order valence-electron chi connectivity index (χ3n) is 2.37. The molecule has 1 aromatic heterocycles. The summed E-state index contributed by atoms with van der Waals surface area (Å²) in [5, 5.41) is 4.26. The summed E-state index contributed by atoms with van der Waals surface area (Å²) in [7, 11) is -3.06. The van der Waals surface area contributed by atoms with Crippen LogP contribution < -0.4 is 10.1 Å². The number of hydrogen-bond donors (Lipinski definition) is 1. The van der Waals surface area contributed by atoms with E-state index in [1.807, 2.05) is 6.92 Å². The number of ether oxygens (including phenoxy) is 1. The minimum absolute atomic E-state index is 0.0556. The van der Waals surface area contributed by atoms with Gasteiger partial charge in [0.15, 0.2) is 9.84 Å². The van der Waals surface area contributed by atoms with Crippen LogP contribution >= 0.6 is 0 Å². The van der Waals surface area contributed by atoms with E-state index in [0.717, 1.165) is 0 Å². The summed E-state index contributed by atoms with van der Waals surface area (Å²) in [6.07, 6.45) is 1.62. The average molecular weight is 269 g/mol. The van der Waals surface area contributed by atoms with Crippen LogP contribution in [0.2, 0.25) is 0 Å². The predicted molar refractivity (Wildman–Crippen MR) is 68.3 cm³/mol. The molecule has 0 fully saturated rings. The van der Waals surface area contributed by atoms with Gasteiger partial charge in [0, 0.05) is 11.5 Å². The Balaban J connectivity index is 2.12. The summed E-state index contributed by atoms with van der Waals surface area (Å²) < 4.78 is 27.9. The second-order valence-electron chi connectivity index (χ2n) is 3.98. The molecule has 0 aromatic carbocycles. The minimum atomic E-state index is -3.06. The van der Waals surface area contributed by atoms with Gasteiger partial charge in [-0.05, 0) is 19.9 Å². The first-order valence-corrected chi connectivity index (χ1v) is 7.36. The first-order valence-electron chi connectivity index (χ1n) is 5.64. The van der Waals surface area contributed by atoms with Crippen LogP contribution in [0, 0.1) is 6.92 Å². The molecule has 2 rings (SSSR count). The summed E-state index contributed by atoms with van der Waals surface area (Å²) in [6, 6.07) is 1.41. The molecule has 0 saturated heterocycles. The molecule has 0 amide bonds. The second kappa shape index (κ2) is 4.93. The van der Waals surface area contributed by atoms with Crippen molar-refractivity contribution in [2.24, 2.45) is 0 Å². The number of anilines is 1. The van der Waals surface area contributed by atoms with E-state index in [4.69, 9.17) is 4.74 Å². The molecule has 0 bridgehead atoms. The Kier molecular flexibility index (Phi) is 3.51. The lowest BCUT2D eigenvalue weighted by atomic mass is 10.3. The first-order chi connectivity index (χ1) is 8.48. The van der Waals surface area contributed by atoms with Gasteiger partial charge in [-0.3, -0.25) is 0 Å². The van der Waals surface area contributed by atoms with Crippen LogP contribution in [0.15, 0.2) is 17.6 Å². The molecule has 1 aromatic rings. The first kappa shape index (κ1) is 12.8. The molecule has 6 nitrogen and oxygen atoms in total. The summed E-state index contributed by atoms with van der Waals surface area (Å²) in [6.45, 7) is 4.15. The Morgan fingerprint density at radius 2 is 2.28 bits per heavy atom. The van der Waals surface area contributed by atoms with Crippen molar-refractivity contribution in [3.8, 4) is 5.88 Å². The molecular formula is C11H15N3O3S. The summed E-state index contributed by atoms with van der Waals surface area (Å²) in [4.78, 5) is 8.31. The SMILES string of the molecule is CCOc1cc(NC2C=CS(=O)(=O)C2)nc(C)n1. The number of aryl methyl sites for hydroxylation is 1.